The molecule has 0 unspecified atom stereocenters. The van der Waals surface area contributed by atoms with Gasteiger partial charge in [0.15, 0.2) is 9.84 Å². The number of halogens is 3. The van der Waals surface area contributed by atoms with Crippen LogP contribution in [0.2, 0.25) is 0 Å². The normalized spacial score (nSPS) is 12.5. The van der Waals surface area contributed by atoms with E-state index in [1.165, 1.54) is 19.2 Å². The number of hydrogen-bond acceptors (Lipinski definition) is 4. The van der Waals surface area contributed by atoms with Gasteiger partial charge in [0, 0.05) is 12.8 Å². The van der Waals surface area contributed by atoms with Crippen molar-refractivity contribution >= 4 is 20.9 Å². The molecule has 0 bridgehead atoms. The summed E-state index contributed by atoms with van der Waals surface area (Å²) in [6.07, 6.45) is -3.69. The fourth-order valence-electron chi connectivity index (χ4n) is 2.67. The standard InChI is InChI=1S/C17H15F3N2O3S/c1-25-12-5-3-4-11(8-12)10-22-15-7-6-13(26(2,23)24)9-14(15)21-16(22)17(18,19)20/h3-9H,10H2,1-2H3. The van der Waals surface area contributed by atoms with E-state index in [1.807, 2.05) is 0 Å². The van der Waals surface area contributed by atoms with Crippen LogP contribution in [-0.2, 0) is 22.6 Å². The van der Waals surface area contributed by atoms with E-state index in [0.717, 1.165) is 16.9 Å². The molecule has 0 radical (unpaired) electrons. The molecule has 1 heterocycles. The molecule has 0 N–H and O–H groups in total. The predicted octanol–water partition coefficient (Wildman–Crippen LogP) is 3.52. The average molecular weight is 384 g/mol. The molecule has 3 aromatic rings. The Kier molecular flexibility index (Phi) is 4.43. The summed E-state index contributed by atoms with van der Waals surface area (Å²) in [5.41, 5.74) is 0.775. The van der Waals surface area contributed by atoms with Gasteiger partial charge >= 0.3 is 6.18 Å². The van der Waals surface area contributed by atoms with Crippen LogP contribution in [0.4, 0.5) is 13.2 Å². The Balaban J connectivity index is 2.18. The summed E-state index contributed by atoms with van der Waals surface area (Å²) in [6.45, 7) is -0.0826. The Morgan fingerprint density at radius 1 is 1.15 bits per heavy atom. The molecule has 138 valence electrons. The average Bonchev–Trinajstić information content (AvgIpc) is 2.92. The second kappa shape index (κ2) is 6.31. The van der Waals surface area contributed by atoms with Crippen molar-refractivity contribution in [3.05, 3.63) is 53.9 Å². The molecule has 0 aliphatic heterocycles. The van der Waals surface area contributed by atoms with Crippen LogP contribution < -0.4 is 4.74 Å². The Labute approximate surface area is 148 Å². The lowest BCUT2D eigenvalue weighted by molar-refractivity contribution is -0.146. The first-order valence-corrected chi connectivity index (χ1v) is 9.39. The largest absolute Gasteiger partial charge is 0.497 e. The van der Waals surface area contributed by atoms with Crippen LogP contribution in [0.1, 0.15) is 11.4 Å². The quantitative estimate of drug-likeness (QED) is 0.691. The van der Waals surface area contributed by atoms with Crippen molar-refractivity contribution < 1.29 is 26.3 Å². The molecular formula is C17H15F3N2O3S. The molecule has 0 saturated carbocycles. The minimum Gasteiger partial charge on any atom is -0.497 e. The van der Waals surface area contributed by atoms with Gasteiger partial charge < -0.3 is 9.30 Å². The van der Waals surface area contributed by atoms with Crippen molar-refractivity contribution in [1.82, 2.24) is 9.55 Å². The van der Waals surface area contributed by atoms with Gasteiger partial charge in [-0.2, -0.15) is 13.2 Å². The molecule has 0 aliphatic rings. The van der Waals surface area contributed by atoms with Crippen molar-refractivity contribution in [2.45, 2.75) is 17.6 Å². The predicted molar refractivity (Wildman–Crippen MR) is 89.9 cm³/mol. The SMILES string of the molecule is COc1cccc(Cn2c(C(F)(F)F)nc3cc(S(C)(=O)=O)ccc32)c1. The molecular weight excluding hydrogens is 369 g/mol. The van der Waals surface area contributed by atoms with Crippen LogP contribution in [0, 0.1) is 0 Å². The molecule has 26 heavy (non-hydrogen) atoms. The monoisotopic (exact) mass is 384 g/mol. The van der Waals surface area contributed by atoms with Crippen LogP contribution in [0.5, 0.6) is 5.75 Å². The van der Waals surface area contributed by atoms with Crippen LogP contribution in [0.25, 0.3) is 11.0 Å². The third-order valence-electron chi connectivity index (χ3n) is 3.88. The molecule has 0 aliphatic carbocycles. The summed E-state index contributed by atoms with van der Waals surface area (Å²) in [5, 5.41) is 0. The van der Waals surface area contributed by atoms with E-state index in [4.69, 9.17) is 4.74 Å². The number of sulfone groups is 1. The second-order valence-corrected chi connectivity index (χ2v) is 7.81. The number of methoxy groups -OCH3 is 1. The van der Waals surface area contributed by atoms with Crippen molar-refractivity contribution in [3.8, 4) is 5.75 Å². The maximum atomic E-state index is 13.4. The van der Waals surface area contributed by atoms with Gasteiger partial charge in [-0.15, -0.1) is 0 Å². The first-order valence-electron chi connectivity index (χ1n) is 7.50. The summed E-state index contributed by atoms with van der Waals surface area (Å²) in [5.74, 6) is -0.555. The zero-order valence-electron chi connectivity index (χ0n) is 13.9. The van der Waals surface area contributed by atoms with Gasteiger partial charge in [-0.1, -0.05) is 12.1 Å². The van der Waals surface area contributed by atoms with Gasteiger partial charge in [-0.25, -0.2) is 13.4 Å². The number of rotatable bonds is 4. The van der Waals surface area contributed by atoms with Crippen LogP contribution >= 0.6 is 0 Å². The van der Waals surface area contributed by atoms with E-state index in [0.29, 0.717) is 11.3 Å². The molecule has 9 heteroatoms. The highest BCUT2D eigenvalue weighted by atomic mass is 32.2. The van der Waals surface area contributed by atoms with Gasteiger partial charge in [0.05, 0.1) is 23.0 Å². The van der Waals surface area contributed by atoms with Gasteiger partial charge in [0.2, 0.25) is 5.82 Å². The lowest BCUT2D eigenvalue weighted by Crippen LogP contribution is -2.15. The molecule has 0 amide bonds. The first-order chi connectivity index (χ1) is 12.1. The molecule has 5 nitrogen and oxygen atoms in total. The molecule has 1 aromatic heterocycles. The third kappa shape index (κ3) is 3.52. The Morgan fingerprint density at radius 2 is 1.88 bits per heavy atom. The van der Waals surface area contributed by atoms with Crippen molar-refractivity contribution in [2.75, 3.05) is 13.4 Å². The first kappa shape index (κ1) is 18.2. The number of alkyl halides is 3. The molecule has 0 saturated heterocycles. The number of fused-ring (bicyclic) bond motifs is 1. The Morgan fingerprint density at radius 3 is 2.50 bits per heavy atom. The zero-order valence-corrected chi connectivity index (χ0v) is 14.7. The number of benzene rings is 2. The Hall–Kier alpha value is -2.55. The number of aromatic nitrogens is 2. The minimum atomic E-state index is -4.68. The van der Waals surface area contributed by atoms with E-state index >= 15 is 0 Å². The molecule has 0 atom stereocenters. The van der Waals surface area contributed by atoms with Gasteiger partial charge in [0.1, 0.15) is 5.75 Å². The topological polar surface area (TPSA) is 61.2 Å². The molecule has 2 aromatic carbocycles. The summed E-state index contributed by atoms with van der Waals surface area (Å²) in [4.78, 5) is 3.56. The molecule has 0 spiro atoms. The lowest BCUT2D eigenvalue weighted by atomic mass is 10.2. The second-order valence-electron chi connectivity index (χ2n) is 5.79. The fourth-order valence-corrected chi connectivity index (χ4v) is 3.31. The summed E-state index contributed by atoms with van der Waals surface area (Å²) in [7, 11) is -2.08. The van der Waals surface area contributed by atoms with Crippen LogP contribution in [0.3, 0.4) is 0 Å². The number of nitrogens with zero attached hydrogens (tertiary/aromatic N) is 2. The third-order valence-corrected chi connectivity index (χ3v) is 4.99. The fraction of sp³-hybridized carbons (Fsp3) is 0.235. The van der Waals surface area contributed by atoms with E-state index in [-0.39, 0.29) is 22.5 Å². The van der Waals surface area contributed by atoms with Crippen molar-refractivity contribution in [2.24, 2.45) is 0 Å². The van der Waals surface area contributed by atoms with Gasteiger partial charge in [0.25, 0.3) is 0 Å². The number of imidazole rings is 1. The van der Waals surface area contributed by atoms with E-state index in [9.17, 15) is 21.6 Å². The number of ether oxygens (including phenoxy) is 1. The van der Waals surface area contributed by atoms with Crippen LogP contribution in [-0.4, -0.2) is 31.3 Å². The van der Waals surface area contributed by atoms with Gasteiger partial charge in [-0.3, -0.25) is 0 Å². The highest BCUT2D eigenvalue weighted by Crippen LogP contribution is 2.33. The minimum absolute atomic E-state index is 0.0249. The highest BCUT2D eigenvalue weighted by Gasteiger charge is 2.37. The maximum Gasteiger partial charge on any atom is 0.449 e. The smallest absolute Gasteiger partial charge is 0.449 e. The summed E-state index contributed by atoms with van der Waals surface area (Å²) in [6, 6.07) is 10.5. The maximum absolute atomic E-state index is 13.4. The number of hydrogen-bond donors (Lipinski definition) is 0. The van der Waals surface area contributed by atoms with Crippen molar-refractivity contribution in [1.29, 1.82) is 0 Å². The molecule has 3 rings (SSSR count). The van der Waals surface area contributed by atoms with Crippen LogP contribution in [0.15, 0.2) is 47.4 Å². The van der Waals surface area contributed by atoms with Gasteiger partial charge in [-0.05, 0) is 35.9 Å². The van der Waals surface area contributed by atoms with E-state index < -0.39 is 21.8 Å². The summed E-state index contributed by atoms with van der Waals surface area (Å²) < 4.78 is 69.8. The summed E-state index contributed by atoms with van der Waals surface area (Å²) >= 11 is 0. The zero-order chi connectivity index (χ0) is 19.1. The Bertz CT molecular complexity index is 1070. The van der Waals surface area contributed by atoms with Crippen molar-refractivity contribution in [3.63, 3.8) is 0 Å². The lowest BCUT2D eigenvalue weighted by Gasteiger charge is -2.12. The molecule has 0 fully saturated rings. The van der Waals surface area contributed by atoms with E-state index in [2.05, 4.69) is 4.98 Å². The highest BCUT2D eigenvalue weighted by molar-refractivity contribution is 7.90. The van der Waals surface area contributed by atoms with E-state index in [1.54, 1.807) is 24.3 Å².